The topological polar surface area (TPSA) is 115 Å². The third kappa shape index (κ3) is 1.23. The first-order valence-electron chi connectivity index (χ1n) is 3.98. The molecule has 4 N–H and O–H groups in total. The van der Waals surface area contributed by atoms with Crippen LogP contribution in [0.1, 0.15) is 18.9 Å². The zero-order valence-corrected chi connectivity index (χ0v) is 7.29. The summed E-state index contributed by atoms with van der Waals surface area (Å²) in [6, 6.07) is 0. The van der Waals surface area contributed by atoms with Crippen molar-refractivity contribution in [1.29, 1.82) is 0 Å². The van der Waals surface area contributed by atoms with E-state index in [-0.39, 0.29) is 17.0 Å². The SMILES string of the molecule is CC(O)c1nc2[nH]c(=O)[nH]c(=O)c2[nH]1. The molecule has 0 aromatic carbocycles. The molecule has 0 aliphatic rings. The van der Waals surface area contributed by atoms with Gasteiger partial charge in [0.2, 0.25) is 0 Å². The van der Waals surface area contributed by atoms with Gasteiger partial charge in [-0.25, -0.2) is 9.78 Å². The largest absolute Gasteiger partial charge is 0.385 e. The average molecular weight is 196 g/mol. The Bertz CT molecular complexity index is 576. The lowest BCUT2D eigenvalue weighted by molar-refractivity contribution is 0.190. The van der Waals surface area contributed by atoms with Crippen molar-refractivity contribution in [3.8, 4) is 0 Å². The van der Waals surface area contributed by atoms with Crippen LogP contribution in [0.25, 0.3) is 11.2 Å². The molecular formula is C7H8N4O3. The summed E-state index contributed by atoms with van der Waals surface area (Å²) in [6.45, 7) is 1.50. The van der Waals surface area contributed by atoms with Crippen LogP contribution in [0.15, 0.2) is 9.59 Å². The van der Waals surface area contributed by atoms with E-state index < -0.39 is 17.4 Å². The van der Waals surface area contributed by atoms with Crippen molar-refractivity contribution in [2.75, 3.05) is 0 Å². The lowest BCUT2D eigenvalue weighted by atomic mass is 10.4. The molecule has 0 spiro atoms. The highest BCUT2D eigenvalue weighted by Crippen LogP contribution is 2.09. The highest BCUT2D eigenvalue weighted by atomic mass is 16.3. The number of aromatic amines is 3. The number of nitrogens with one attached hydrogen (secondary N) is 3. The molecular weight excluding hydrogens is 188 g/mol. The van der Waals surface area contributed by atoms with E-state index >= 15 is 0 Å². The molecule has 14 heavy (non-hydrogen) atoms. The number of hydrogen-bond donors (Lipinski definition) is 4. The van der Waals surface area contributed by atoms with Gasteiger partial charge in [-0.1, -0.05) is 0 Å². The van der Waals surface area contributed by atoms with Crippen LogP contribution in [0.3, 0.4) is 0 Å². The van der Waals surface area contributed by atoms with Gasteiger partial charge in [0, 0.05) is 0 Å². The predicted molar refractivity (Wildman–Crippen MR) is 48.0 cm³/mol. The van der Waals surface area contributed by atoms with Gasteiger partial charge < -0.3 is 10.1 Å². The Labute approximate surface area is 76.8 Å². The van der Waals surface area contributed by atoms with Gasteiger partial charge in [0.1, 0.15) is 17.4 Å². The first-order valence-corrected chi connectivity index (χ1v) is 3.98. The van der Waals surface area contributed by atoms with Crippen LogP contribution in [0.5, 0.6) is 0 Å². The summed E-state index contributed by atoms with van der Waals surface area (Å²) in [5, 5.41) is 9.19. The number of hydrogen-bond acceptors (Lipinski definition) is 4. The van der Waals surface area contributed by atoms with Crippen molar-refractivity contribution in [2.24, 2.45) is 0 Å². The molecule has 0 saturated carbocycles. The van der Waals surface area contributed by atoms with Gasteiger partial charge in [-0.3, -0.25) is 14.8 Å². The molecule has 0 fully saturated rings. The van der Waals surface area contributed by atoms with Gasteiger partial charge in [0.15, 0.2) is 5.65 Å². The number of aromatic nitrogens is 4. The second-order valence-electron chi connectivity index (χ2n) is 2.93. The van der Waals surface area contributed by atoms with E-state index in [1.807, 2.05) is 4.98 Å². The van der Waals surface area contributed by atoms with Gasteiger partial charge in [0.05, 0.1) is 0 Å². The second-order valence-corrected chi connectivity index (χ2v) is 2.93. The highest BCUT2D eigenvalue weighted by molar-refractivity contribution is 5.68. The van der Waals surface area contributed by atoms with Crippen LogP contribution in [0, 0.1) is 0 Å². The maximum atomic E-state index is 11.2. The quantitative estimate of drug-likeness (QED) is 0.468. The molecule has 0 radical (unpaired) electrons. The molecule has 2 aromatic heterocycles. The Morgan fingerprint density at radius 3 is 2.64 bits per heavy atom. The fraction of sp³-hybridized carbons (Fsp3) is 0.286. The lowest BCUT2D eigenvalue weighted by Crippen LogP contribution is -2.21. The van der Waals surface area contributed by atoms with E-state index in [1.54, 1.807) is 0 Å². The number of nitrogens with zero attached hydrogens (tertiary/aromatic N) is 1. The minimum absolute atomic E-state index is 0.148. The third-order valence-corrected chi connectivity index (χ3v) is 1.80. The Morgan fingerprint density at radius 1 is 1.29 bits per heavy atom. The number of fused-ring (bicyclic) bond motifs is 1. The lowest BCUT2D eigenvalue weighted by Gasteiger charge is -1.94. The standard InChI is InChI=1S/C7H8N4O3/c1-2(12)4-8-3-5(9-4)10-7(14)11-6(3)13/h2,12H,1H3,(H3,8,9,10,11,13,14). The summed E-state index contributed by atoms with van der Waals surface area (Å²) in [5.41, 5.74) is -0.871. The van der Waals surface area contributed by atoms with Gasteiger partial charge in [-0.05, 0) is 6.92 Å². The maximum absolute atomic E-state index is 11.2. The van der Waals surface area contributed by atoms with Crippen LogP contribution in [0.4, 0.5) is 0 Å². The Morgan fingerprint density at radius 2 is 2.00 bits per heavy atom. The number of imidazole rings is 1. The Hall–Kier alpha value is -1.89. The van der Waals surface area contributed by atoms with Crippen LogP contribution >= 0.6 is 0 Å². The number of rotatable bonds is 1. The Balaban J connectivity index is 2.84. The first kappa shape index (κ1) is 8.70. The zero-order chi connectivity index (χ0) is 10.3. The molecule has 0 bridgehead atoms. The van der Waals surface area contributed by atoms with Gasteiger partial charge >= 0.3 is 5.69 Å². The maximum Gasteiger partial charge on any atom is 0.327 e. The smallest absolute Gasteiger partial charge is 0.327 e. The molecule has 7 heteroatoms. The van der Waals surface area contributed by atoms with Crippen molar-refractivity contribution in [2.45, 2.75) is 13.0 Å². The second kappa shape index (κ2) is 2.81. The minimum Gasteiger partial charge on any atom is -0.385 e. The first-order chi connectivity index (χ1) is 6.58. The number of aliphatic hydroxyl groups is 1. The van der Waals surface area contributed by atoms with Crippen molar-refractivity contribution >= 4 is 11.2 Å². The van der Waals surface area contributed by atoms with E-state index in [9.17, 15) is 14.7 Å². The highest BCUT2D eigenvalue weighted by Gasteiger charge is 2.10. The fourth-order valence-corrected chi connectivity index (χ4v) is 1.15. The molecule has 74 valence electrons. The third-order valence-electron chi connectivity index (χ3n) is 1.80. The molecule has 7 nitrogen and oxygen atoms in total. The van der Waals surface area contributed by atoms with E-state index in [0.29, 0.717) is 0 Å². The molecule has 0 saturated heterocycles. The van der Waals surface area contributed by atoms with Crippen molar-refractivity contribution in [3.63, 3.8) is 0 Å². The van der Waals surface area contributed by atoms with Crippen molar-refractivity contribution in [1.82, 2.24) is 19.9 Å². The summed E-state index contributed by atoms with van der Waals surface area (Å²) < 4.78 is 0. The summed E-state index contributed by atoms with van der Waals surface area (Å²) >= 11 is 0. The molecule has 2 heterocycles. The van der Waals surface area contributed by atoms with Gasteiger partial charge in [-0.2, -0.15) is 0 Å². The van der Waals surface area contributed by atoms with E-state index in [2.05, 4.69) is 15.0 Å². The molecule has 0 amide bonds. The van der Waals surface area contributed by atoms with E-state index in [4.69, 9.17) is 0 Å². The number of H-pyrrole nitrogens is 3. The summed E-state index contributed by atoms with van der Waals surface area (Å²) in [7, 11) is 0. The monoisotopic (exact) mass is 196 g/mol. The van der Waals surface area contributed by atoms with Crippen LogP contribution in [-0.4, -0.2) is 25.0 Å². The molecule has 1 atom stereocenters. The van der Waals surface area contributed by atoms with Crippen LogP contribution < -0.4 is 11.2 Å². The van der Waals surface area contributed by atoms with E-state index in [1.165, 1.54) is 6.92 Å². The van der Waals surface area contributed by atoms with Crippen LogP contribution in [0.2, 0.25) is 0 Å². The predicted octanol–water partition coefficient (Wildman–Crippen LogP) is -1.01. The molecule has 1 unspecified atom stereocenters. The van der Waals surface area contributed by atoms with Crippen molar-refractivity contribution < 1.29 is 5.11 Å². The fourth-order valence-electron chi connectivity index (χ4n) is 1.15. The summed E-state index contributed by atoms with van der Waals surface area (Å²) in [4.78, 5) is 32.9. The molecule has 0 aliphatic heterocycles. The normalized spacial score (nSPS) is 13.3. The van der Waals surface area contributed by atoms with Gasteiger partial charge in [0.25, 0.3) is 5.56 Å². The molecule has 2 rings (SSSR count). The average Bonchev–Trinajstić information content (AvgIpc) is 2.47. The van der Waals surface area contributed by atoms with Crippen molar-refractivity contribution in [3.05, 3.63) is 26.7 Å². The summed E-state index contributed by atoms with van der Waals surface area (Å²) in [5.74, 6) is 0.243. The summed E-state index contributed by atoms with van der Waals surface area (Å²) in [6.07, 6.45) is -0.815. The number of aliphatic hydroxyl groups excluding tert-OH is 1. The minimum atomic E-state index is -0.815. The molecule has 0 aliphatic carbocycles. The Kier molecular flexibility index (Phi) is 1.74. The van der Waals surface area contributed by atoms with Gasteiger partial charge in [-0.15, -0.1) is 0 Å². The van der Waals surface area contributed by atoms with Crippen LogP contribution in [-0.2, 0) is 0 Å². The van der Waals surface area contributed by atoms with E-state index in [0.717, 1.165) is 0 Å². The molecule has 2 aromatic rings. The zero-order valence-electron chi connectivity index (χ0n) is 7.29.